The number of hydrogen-bond donors (Lipinski definition) is 1. The molecule has 168 valence electrons. The summed E-state index contributed by atoms with van der Waals surface area (Å²) in [5.74, 6) is -0.419. The number of nitrogens with one attached hydrogen (secondary N) is 1. The van der Waals surface area contributed by atoms with Gasteiger partial charge in [-0.05, 0) is 26.0 Å². The molecule has 0 radical (unpaired) electrons. The van der Waals surface area contributed by atoms with Crippen LogP contribution >= 0.6 is 0 Å². The molecule has 2 aliphatic heterocycles. The number of rotatable bonds is 3. The van der Waals surface area contributed by atoms with Gasteiger partial charge < -0.3 is 4.90 Å². The maximum atomic E-state index is 14.7. The molecule has 0 unspecified atom stereocenters. The van der Waals surface area contributed by atoms with Crippen molar-refractivity contribution < 1.29 is 4.39 Å². The number of pyridine rings is 1. The van der Waals surface area contributed by atoms with E-state index in [1.165, 1.54) is 33.2 Å². The highest BCUT2D eigenvalue weighted by Gasteiger charge is 2.32. The fraction of sp³-hybridized carbons (Fsp3) is 0.391. The number of nitriles is 1. The summed E-state index contributed by atoms with van der Waals surface area (Å²) in [6.45, 7) is 8.18. The van der Waals surface area contributed by atoms with Crippen LogP contribution in [0.25, 0.3) is 5.52 Å². The van der Waals surface area contributed by atoms with Crippen molar-refractivity contribution in [3.05, 3.63) is 64.2 Å². The minimum absolute atomic E-state index is 0.144. The molecule has 0 fully saturated rings. The number of halogens is 1. The average Bonchev–Trinajstić information content (AvgIpc) is 3.51. The van der Waals surface area contributed by atoms with Crippen molar-refractivity contribution in [3.63, 3.8) is 0 Å². The molecule has 10 heteroatoms. The molecule has 4 aromatic rings. The molecule has 0 saturated heterocycles. The smallest absolute Gasteiger partial charge is 0.171 e. The van der Waals surface area contributed by atoms with Crippen LogP contribution in [-0.2, 0) is 26.1 Å². The van der Waals surface area contributed by atoms with E-state index in [0.717, 1.165) is 37.4 Å². The highest BCUT2D eigenvalue weighted by atomic mass is 19.1. The first-order chi connectivity index (χ1) is 16.0. The predicted molar refractivity (Wildman–Crippen MR) is 119 cm³/mol. The van der Waals surface area contributed by atoms with Gasteiger partial charge in [-0.25, -0.2) is 8.91 Å². The number of hydrogen-bond acceptors (Lipinski definition) is 6. The van der Waals surface area contributed by atoms with Gasteiger partial charge in [-0.2, -0.15) is 20.6 Å². The van der Waals surface area contributed by atoms with Gasteiger partial charge in [-0.15, -0.1) is 0 Å². The van der Waals surface area contributed by atoms with Crippen molar-refractivity contribution in [3.8, 4) is 6.07 Å². The molecule has 0 amide bonds. The Hall–Kier alpha value is -3.71. The molecule has 6 heterocycles. The Morgan fingerprint density at radius 2 is 2.15 bits per heavy atom. The van der Waals surface area contributed by atoms with Crippen LogP contribution in [-0.4, -0.2) is 47.6 Å². The van der Waals surface area contributed by atoms with Crippen molar-refractivity contribution in [1.82, 2.24) is 34.5 Å². The molecule has 0 saturated carbocycles. The Bertz CT molecular complexity index is 1410. The number of anilines is 1. The van der Waals surface area contributed by atoms with Crippen molar-refractivity contribution >= 4 is 11.2 Å². The zero-order valence-electron chi connectivity index (χ0n) is 18.6. The van der Waals surface area contributed by atoms with Gasteiger partial charge in [0, 0.05) is 49.4 Å². The normalized spacial score (nSPS) is 18.4. The summed E-state index contributed by atoms with van der Waals surface area (Å²) in [6.07, 6.45) is 3.99. The van der Waals surface area contributed by atoms with Crippen LogP contribution < -0.4 is 4.90 Å². The number of nitrogens with zero attached hydrogens (tertiary/aromatic N) is 8. The van der Waals surface area contributed by atoms with Crippen molar-refractivity contribution in [2.75, 3.05) is 18.0 Å². The quantitative estimate of drug-likeness (QED) is 0.521. The first-order valence-electron chi connectivity index (χ1n) is 11.1. The van der Waals surface area contributed by atoms with Gasteiger partial charge in [0.25, 0.3) is 0 Å². The van der Waals surface area contributed by atoms with Crippen molar-refractivity contribution in [2.24, 2.45) is 0 Å². The fourth-order valence-electron chi connectivity index (χ4n) is 5.16. The molecule has 1 atom stereocenters. The average molecular weight is 446 g/mol. The number of aromatic nitrogens is 6. The van der Waals surface area contributed by atoms with E-state index in [9.17, 15) is 9.65 Å². The summed E-state index contributed by atoms with van der Waals surface area (Å²) in [6, 6.07) is 5.77. The summed E-state index contributed by atoms with van der Waals surface area (Å²) < 4.78 is 18.2. The maximum Gasteiger partial charge on any atom is 0.171 e. The highest BCUT2D eigenvalue weighted by Crippen LogP contribution is 2.34. The number of fused-ring (bicyclic) bond motifs is 4. The Morgan fingerprint density at radius 3 is 2.94 bits per heavy atom. The number of H-pyrrole nitrogens is 1. The third kappa shape index (κ3) is 3.11. The van der Waals surface area contributed by atoms with E-state index in [1.54, 1.807) is 6.07 Å². The van der Waals surface area contributed by atoms with Gasteiger partial charge in [0.05, 0.1) is 42.1 Å². The lowest BCUT2D eigenvalue weighted by atomic mass is 10.0. The SMILES string of the molecule is Cc1[nH]ncc1CN1CCc2nn3c(c2C1)CN(c1ccc(C#N)n2ncc(F)c12)C[C@H]3C. The van der Waals surface area contributed by atoms with E-state index in [-0.39, 0.29) is 6.04 Å². The number of aryl methyl sites for hydroxylation is 1. The van der Waals surface area contributed by atoms with E-state index in [4.69, 9.17) is 5.10 Å². The molecule has 4 aromatic heterocycles. The summed E-state index contributed by atoms with van der Waals surface area (Å²) >= 11 is 0. The zero-order chi connectivity index (χ0) is 22.7. The minimum Gasteiger partial charge on any atom is -0.362 e. The molecule has 2 aliphatic rings. The van der Waals surface area contributed by atoms with Gasteiger partial charge in [0.15, 0.2) is 5.82 Å². The minimum atomic E-state index is -0.419. The van der Waals surface area contributed by atoms with Crippen LogP contribution in [0.2, 0.25) is 0 Å². The summed E-state index contributed by atoms with van der Waals surface area (Å²) in [5, 5.41) is 25.6. The highest BCUT2D eigenvalue weighted by molar-refractivity contribution is 5.75. The largest absolute Gasteiger partial charge is 0.362 e. The second kappa shape index (κ2) is 7.42. The van der Waals surface area contributed by atoms with Crippen LogP contribution in [0.4, 0.5) is 10.1 Å². The lowest BCUT2D eigenvalue weighted by molar-refractivity contribution is 0.243. The van der Waals surface area contributed by atoms with E-state index >= 15 is 0 Å². The topological polar surface area (TPSA) is 94.1 Å². The van der Waals surface area contributed by atoms with E-state index in [1.807, 2.05) is 19.2 Å². The molecule has 0 bridgehead atoms. The monoisotopic (exact) mass is 445 g/mol. The molecule has 0 aliphatic carbocycles. The van der Waals surface area contributed by atoms with Crippen LogP contribution in [0.5, 0.6) is 0 Å². The fourth-order valence-corrected chi connectivity index (χ4v) is 5.16. The van der Waals surface area contributed by atoms with Gasteiger partial charge >= 0.3 is 0 Å². The zero-order valence-corrected chi connectivity index (χ0v) is 18.6. The predicted octanol–water partition coefficient (Wildman–Crippen LogP) is 2.71. The lowest BCUT2D eigenvalue weighted by Crippen LogP contribution is -2.37. The van der Waals surface area contributed by atoms with Gasteiger partial charge in [-0.3, -0.25) is 14.7 Å². The van der Waals surface area contributed by atoms with E-state index in [0.29, 0.717) is 24.3 Å². The summed E-state index contributed by atoms with van der Waals surface area (Å²) in [4.78, 5) is 4.62. The number of aromatic amines is 1. The first kappa shape index (κ1) is 19.9. The molecule has 6 rings (SSSR count). The maximum absolute atomic E-state index is 14.7. The van der Waals surface area contributed by atoms with Crippen LogP contribution in [0.1, 0.15) is 46.9 Å². The third-order valence-electron chi connectivity index (χ3n) is 6.87. The Morgan fingerprint density at radius 1 is 1.27 bits per heavy atom. The summed E-state index contributed by atoms with van der Waals surface area (Å²) in [5.41, 5.74) is 7.35. The van der Waals surface area contributed by atoms with Crippen LogP contribution in [0.15, 0.2) is 24.5 Å². The molecule has 33 heavy (non-hydrogen) atoms. The van der Waals surface area contributed by atoms with Gasteiger partial charge in [0.1, 0.15) is 17.3 Å². The van der Waals surface area contributed by atoms with E-state index in [2.05, 4.69) is 42.8 Å². The molecular weight excluding hydrogens is 421 g/mol. The molecular formula is C23H24FN9. The van der Waals surface area contributed by atoms with E-state index < -0.39 is 5.82 Å². The Labute approximate surface area is 190 Å². The lowest BCUT2D eigenvalue weighted by Gasteiger charge is -2.35. The van der Waals surface area contributed by atoms with Gasteiger partial charge in [0.2, 0.25) is 0 Å². The van der Waals surface area contributed by atoms with Crippen LogP contribution in [0.3, 0.4) is 0 Å². The van der Waals surface area contributed by atoms with Gasteiger partial charge in [-0.1, -0.05) is 0 Å². The second-order valence-electron chi connectivity index (χ2n) is 9.00. The molecule has 0 aromatic carbocycles. The first-order valence-corrected chi connectivity index (χ1v) is 11.1. The second-order valence-corrected chi connectivity index (χ2v) is 9.00. The summed E-state index contributed by atoms with van der Waals surface area (Å²) in [7, 11) is 0. The Kier molecular flexibility index (Phi) is 4.48. The van der Waals surface area contributed by atoms with Crippen molar-refractivity contribution in [2.45, 2.75) is 45.9 Å². The Balaban J connectivity index is 1.35. The van der Waals surface area contributed by atoms with Crippen molar-refractivity contribution in [1.29, 1.82) is 5.26 Å². The molecule has 0 spiro atoms. The molecule has 1 N–H and O–H groups in total. The third-order valence-corrected chi connectivity index (χ3v) is 6.87. The molecule has 9 nitrogen and oxygen atoms in total. The van der Waals surface area contributed by atoms with Crippen LogP contribution in [0, 0.1) is 24.1 Å². The standard InChI is InChI=1S/C23H24FN9/c1-14-10-31(21-4-3-17(7-25)33-23(21)19(24)9-27-33)13-22-18-12-30(6-5-20(18)29-32(14)22)11-16-8-26-28-15(16)2/h3-4,8-9,14H,5-6,10-13H2,1-2H3,(H,26,28)/t14-/m1/s1.